The summed E-state index contributed by atoms with van der Waals surface area (Å²) >= 11 is 1.68. The Bertz CT molecular complexity index is 2610. The van der Waals surface area contributed by atoms with Crippen LogP contribution in [0, 0.1) is 17.8 Å². The summed E-state index contributed by atoms with van der Waals surface area (Å²) in [5.41, 5.74) is 3.94. The molecule has 5 aromatic carbocycles. The van der Waals surface area contributed by atoms with Crippen molar-refractivity contribution in [2.75, 3.05) is 39.3 Å². The van der Waals surface area contributed by atoms with Crippen LogP contribution >= 0.6 is 11.8 Å². The number of thioether (sulfide) groups is 1. The molecule has 2 N–H and O–H groups in total. The molecule has 5 aromatic rings. The predicted octanol–water partition coefficient (Wildman–Crippen LogP) is 12.6. The van der Waals surface area contributed by atoms with E-state index in [9.17, 15) is 10.2 Å². The summed E-state index contributed by atoms with van der Waals surface area (Å²) in [6.07, 6.45) is 10.4. The second-order valence-corrected chi connectivity index (χ2v) is 20.6. The fraction of sp³-hybridized carbons (Fsp3) is 0.424. The summed E-state index contributed by atoms with van der Waals surface area (Å²) in [6.45, 7) is 11.1. The van der Waals surface area contributed by atoms with Gasteiger partial charge in [0, 0.05) is 36.0 Å². The minimum absolute atomic E-state index is 0.0190. The van der Waals surface area contributed by atoms with Gasteiger partial charge in [-0.15, -0.1) is 18.3 Å². The molecule has 0 bridgehead atoms. The van der Waals surface area contributed by atoms with Crippen LogP contribution in [0.2, 0.25) is 0 Å². The Hall–Kier alpha value is -5.63. The van der Waals surface area contributed by atoms with Gasteiger partial charge >= 0.3 is 6.09 Å². The molecule has 8 rings (SSSR count). The predicted molar refractivity (Wildman–Crippen MR) is 281 cm³/mol. The SMILES string of the molecule is C=CCO[C@@]12Oc3ccc(Oc4ccc(SC)cc4)cc3[C@H]3[C@H](CCCCO)[C@@H](CCCCO)C=C(C(=NOC(C)(C)C)C[C@@H]1N(Cc1cccc4ccccc14)C(=O)OCCOCc1ccccc1)[C@H]32. The Balaban J connectivity index is 1.30. The number of nitrogens with zero attached hydrogens (tertiary/aromatic N) is 2. The molecule has 71 heavy (non-hydrogen) atoms. The molecule has 3 aliphatic rings. The van der Waals surface area contributed by atoms with Gasteiger partial charge in [0.25, 0.3) is 0 Å². The van der Waals surface area contributed by atoms with Gasteiger partial charge in [-0.25, -0.2) is 4.79 Å². The minimum Gasteiger partial charge on any atom is -0.459 e. The average Bonchev–Trinajstić information content (AvgIpc) is 3.38. The van der Waals surface area contributed by atoms with E-state index < -0.39 is 29.4 Å². The van der Waals surface area contributed by atoms with E-state index in [1.165, 1.54) is 0 Å². The van der Waals surface area contributed by atoms with Crippen molar-refractivity contribution in [2.24, 2.45) is 22.9 Å². The van der Waals surface area contributed by atoms with Gasteiger partial charge in [-0.2, -0.15) is 0 Å². The van der Waals surface area contributed by atoms with Gasteiger partial charge in [-0.3, -0.25) is 4.90 Å². The van der Waals surface area contributed by atoms with Crippen molar-refractivity contribution in [3.8, 4) is 17.2 Å². The second-order valence-electron chi connectivity index (χ2n) is 19.7. The maximum atomic E-state index is 15.3. The molecule has 12 heteroatoms. The fourth-order valence-corrected chi connectivity index (χ4v) is 11.0. The van der Waals surface area contributed by atoms with Crippen LogP contribution in [-0.4, -0.2) is 83.6 Å². The van der Waals surface area contributed by atoms with Crippen LogP contribution in [0.3, 0.4) is 0 Å². The largest absolute Gasteiger partial charge is 0.459 e. The third-order valence-corrected chi connectivity index (χ3v) is 14.5. The molecule has 376 valence electrons. The normalized spacial score (nSPS) is 21.9. The lowest BCUT2D eigenvalue weighted by atomic mass is 9.55. The fourth-order valence-electron chi connectivity index (χ4n) is 10.6. The van der Waals surface area contributed by atoms with Crippen molar-refractivity contribution in [3.05, 3.63) is 156 Å². The van der Waals surface area contributed by atoms with Crippen molar-refractivity contribution in [1.29, 1.82) is 0 Å². The van der Waals surface area contributed by atoms with Crippen LogP contribution in [0.5, 0.6) is 17.2 Å². The first-order chi connectivity index (χ1) is 34.5. The van der Waals surface area contributed by atoms with Crippen LogP contribution in [-0.2, 0) is 32.2 Å². The van der Waals surface area contributed by atoms with Gasteiger partial charge in [-0.1, -0.05) is 103 Å². The van der Waals surface area contributed by atoms with Crippen LogP contribution in [0.25, 0.3) is 10.8 Å². The number of unbranched alkanes of at least 4 members (excludes halogenated alkanes) is 2. The van der Waals surface area contributed by atoms with Gasteiger partial charge in [0.1, 0.15) is 35.5 Å². The average molecular weight is 983 g/mol. The molecule has 1 amide bonds. The van der Waals surface area contributed by atoms with Gasteiger partial charge in [0.2, 0.25) is 5.79 Å². The molecular formula is C59H70N2O9S. The van der Waals surface area contributed by atoms with Gasteiger partial charge in [0.15, 0.2) is 0 Å². The number of hydrogen-bond acceptors (Lipinski definition) is 11. The quantitative estimate of drug-likeness (QED) is 0.0282. The van der Waals surface area contributed by atoms with E-state index in [2.05, 4.69) is 61.4 Å². The first-order valence-corrected chi connectivity index (χ1v) is 26.4. The number of amides is 1. The highest BCUT2D eigenvalue weighted by atomic mass is 32.2. The number of allylic oxidation sites excluding steroid dienone is 1. The molecule has 1 aliphatic heterocycles. The van der Waals surface area contributed by atoms with Crippen LogP contribution < -0.4 is 9.47 Å². The lowest BCUT2D eigenvalue weighted by molar-refractivity contribution is -0.256. The summed E-state index contributed by atoms with van der Waals surface area (Å²) in [7, 11) is 0. The summed E-state index contributed by atoms with van der Waals surface area (Å²) in [5, 5.41) is 27.3. The molecule has 0 radical (unpaired) electrons. The van der Waals surface area contributed by atoms with E-state index in [1.807, 2.05) is 93.6 Å². The molecule has 1 saturated carbocycles. The Morgan fingerprint density at radius 3 is 2.37 bits per heavy atom. The Morgan fingerprint density at radius 2 is 1.62 bits per heavy atom. The molecule has 0 aromatic heterocycles. The number of oxime groups is 1. The molecule has 2 aliphatic carbocycles. The number of rotatable bonds is 23. The maximum absolute atomic E-state index is 15.3. The molecule has 11 nitrogen and oxygen atoms in total. The van der Waals surface area contributed by atoms with Crippen molar-refractivity contribution < 1.29 is 43.5 Å². The summed E-state index contributed by atoms with van der Waals surface area (Å²) in [5.74, 6) is -0.146. The van der Waals surface area contributed by atoms with Gasteiger partial charge in [0.05, 0.1) is 38.0 Å². The zero-order valence-corrected chi connectivity index (χ0v) is 42.5. The van der Waals surface area contributed by atoms with E-state index in [-0.39, 0.29) is 63.8 Å². The van der Waals surface area contributed by atoms with Crippen molar-refractivity contribution in [3.63, 3.8) is 0 Å². The lowest BCUT2D eigenvalue weighted by Crippen LogP contribution is -2.70. The van der Waals surface area contributed by atoms with E-state index in [4.69, 9.17) is 33.7 Å². The highest BCUT2D eigenvalue weighted by Gasteiger charge is 2.66. The topological polar surface area (TPSA) is 129 Å². The van der Waals surface area contributed by atoms with Crippen LogP contribution in [0.15, 0.2) is 150 Å². The number of aliphatic hydroxyl groups excluding tert-OH is 2. The molecule has 0 spiro atoms. The number of carbonyl (C=O) groups excluding carboxylic acids is 1. The first-order valence-electron chi connectivity index (χ1n) is 25.2. The van der Waals surface area contributed by atoms with E-state index >= 15 is 4.79 Å². The molecule has 6 atom stereocenters. The number of carbonyl (C=O) groups is 1. The Kier molecular flexibility index (Phi) is 17.6. The molecule has 0 saturated heterocycles. The van der Waals surface area contributed by atoms with Gasteiger partial charge in [-0.05, 0) is 134 Å². The monoisotopic (exact) mass is 982 g/mol. The van der Waals surface area contributed by atoms with E-state index in [0.717, 1.165) is 63.6 Å². The van der Waals surface area contributed by atoms with Gasteiger partial charge < -0.3 is 38.7 Å². The van der Waals surface area contributed by atoms with Crippen molar-refractivity contribution in [1.82, 2.24) is 4.90 Å². The standard InChI is InChI=1S/C59H70N2O9S/c1-6-33-67-59-54(61(39-44-22-16-21-42-19-10-11-23-48(42)44)57(64)66-35-34-65-40-41-17-8-7-9-18-41)38-52(60-70-58(2,3)4)50-36-43(20-12-14-31-62)49(24-13-15-32-63)55(56(50)59)51-37-46(27-30-53(51)69-59)68-45-25-28-47(71-5)29-26-45/h6-11,16-19,21-23,25-30,36-37,43,49,54-56,62-63H,1,12-15,20,24,31-35,38-40H2,2-5H3/t43-,49+,54-,55+,56+,59+/m0/s1. The molecule has 0 unspecified atom stereocenters. The minimum atomic E-state index is -1.49. The number of fused-ring (bicyclic) bond motifs is 3. The van der Waals surface area contributed by atoms with Crippen molar-refractivity contribution in [2.45, 2.75) is 107 Å². The van der Waals surface area contributed by atoms with E-state index in [0.29, 0.717) is 42.4 Å². The highest BCUT2D eigenvalue weighted by molar-refractivity contribution is 7.98. The second kappa shape index (κ2) is 24.2. The number of aliphatic hydroxyl groups is 2. The Labute approximate surface area is 423 Å². The lowest BCUT2D eigenvalue weighted by Gasteiger charge is -2.60. The number of ether oxygens (including phenoxy) is 5. The third kappa shape index (κ3) is 12.4. The maximum Gasteiger partial charge on any atom is 0.410 e. The molecular weight excluding hydrogens is 913 g/mol. The zero-order valence-electron chi connectivity index (χ0n) is 41.7. The third-order valence-electron chi connectivity index (χ3n) is 13.8. The molecule has 1 heterocycles. The van der Waals surface area contributed by atoms with Crippen molar-refractivity contribution >= 4 is 34.3 Å². The first kappa shape index (κ1) is 51.7. The number of hydrogen-bond donors (Lipinski definition) is 2. The zero-order chi connectivity index (χ0) is 49.8. The van der Waals surface area contributed by atoms with Crippen LogP contribution in [0.1, 0.15) is 88.3 Å². The summed E-state index contributed by atoms with van der Waals surface area (Å²) in [6, 6.07) is 37.5. The molecule has 1 fully saturated rings. The smallest absolute Gasteiger partial charge is 0.410 e. The van der Waals surface area contributed by atoms with Crippen LogP contribution in [0.4, 0.5) is 4.79 Å². The summed E-state index contributed by atoms with van der Waals surface area (Å²) in [4.78, 5) is 24.6. The van der Waals surface area contributed by atoms with E-state index in [1.54, 1.807) is 22.7 Å². The Morgan fingerprint density at radius 1 is 0.887 bits per heavy atom. The summed E-state index contributed by atoms with van der Waals surface area (Å²) < 4.78 is 33.7. The number of benzene rings is 5. The highest BCUT2D eigenvalue weighted by Crippen LogP contribution is 2.62.